The van der Waals surface area contributed by atoms with Crippen molar-refractivity contribution in [2.45, 2.75) is 26.4 Å². The van der Waals surface area contributed by atoms with Crippen molar-refractivity contribution in [3.63, 3.8) is 0 Å². The minimum Gasteiger partial charge on any atom is -0.326 e. The van der Waals surface area contributed by atoms with Gasteiger partial charge in [-0.15, -0.1) is 0 Å². The van der Waals surface area contributed by atoms with Gasteiger partial charge in [0.05, 0.1) is 5.57 Å². The molecule has 0 aliphatic rings. The third kappa shape index (κ3) is 6.57. The highest BCUT2D eigenvalue weighted by Crippen LogP contribution is 2.33. The summed E-state index contributed by atoms with van der Waals surface area (Å²) in [4.78, 5) is 23.8. The van der Waals surface area contributed by atoms with Crippen LogP contribution >= 0.6 is 0 Å². The molecule has 0 atom stereocenters. The van der Waals surface area contributed by atoms with Crippen LogP contribution in [0.3, 0.4) is 0 Å². The summed E-state index contributed by atoms with van der Waals surface area (Å²) in [5, 5.41) is 5.11. The topological polar surface area (TPSA) is 58.2 Å². The van der Waals surface area contributed by atoms with Gasteiger partial charge in [0.25, 0.3) is 0 Å². The molecule has 0 unspecified atom stereocenters. The van der Waals surface area contributed by atoms with Gasteiger partial charge in [0.15, 0.2) is 0 Å². The van der Waals surface area contributed by atoms with Gasteiger partial charge < -0.3 is 10.6 Å². The number of carbonyl (C=O) groups excluding carboxylic acids is 2. The zero-order chi connectivity index (χ0) is 20.7. The lowest BCUT2D eigenvalue weighted by atomic mass is 10.1. The molecule has 7 heteroatoms. The fourth-order valence-corrected chi connectivity index (χ4v) is 2.48. The first-order chi connectivity index (χ1) is 13.1. The molecule has 0 saturated carbocycles. The van der Waals surface area contributed by atoms with Gasteiger partial charge in [0.2, 0.25) is 11.8 Å². The lowest BCUT2D eigenvalue weighted by Gasteiger charge is -2.12. The molecule has 2 rings (SSSR count). The van der Waals surface area contributed by atoms with Crippen LogP contribution in [0.1, 0.15) is 25.8 Å². The molecule has 0 saturated heterocycles. The van der Waals surface area contributed by atoms with Crippen LogP contribution < -0.4 is 10.6 Å². The fraction of sp³-hybridized carbons (Fsp3) is 0.238. The Balaban J connectivity index is 2.09. The molecule has 148 valence electrons. The van der Waals surface area contributed by atoms with Crippen LogP contribution in [-0.4, -0.2) is 18.0 Å². The van der Waals surface area contributed by atoms with E-state index in [2.05, 4.69) is 10.6 Å². The van der Waals surface area contributed by atoms with E-state index < -0.39 is 17.7 Å². The van der Waals surface area contributed by atoms with Crippen LogP contribution in [0, 0.1) is 5.92 Å². The number of nitrogens with one attached hydrogen (secondary N) is 2. The van der Waals surface area contributed by atoms with Gasteiger partial charge in [-0.25, -0.2) is 0 Å². The highest BCUT2D eigenvalue weighted by molar-refractivity contribution is 6.04. The molecule has 0 spiro atoms. The molecule has 0 bridgehead atoms. The summed E-state index contributed by atoms with van der Waals surface area (Å²) >= 11 is 0. The maximum absolute atomic E-state index is 13.3. The normalized spacial score (nSPS) is 12.0. The molecule has 0 aliphatic carbocycles. The largest absolute Gasteiger partial charge is 0.417 e. The molecule has 2 aromatic rings. The van der Waals surface area contributed by atoms with Crippen LogP contribution in [0.25, 0.3) is 5.57 Å². The van der Waals surface area contributed by atoms with Crippen LogP contribution in [0.4, 0.5) is 24.5 Å². The Kier molecular flexibility index (Phi) is 6.98. The Bertz CT molecular complexity index is 842. The Morgan fingerprint density at radius 1 is 0.929 bits per heavy atom. The number of benzene rings is 2. The summed E-state index contributed by atoms with van der Waals surface area (Å²) < 4.78 is 39.8. The molecule has 2 amide bonds. The number of halogens is 3. The number of amides is 2. The number of allylic oxidation sites excluding steroid dienone is 1. The number of carbonyl (C=O) groups is 2. The first-order valence-electron chi connectivity index (χ1n) is 8.70. The van der Waals surface area contributed by atoms with Gasteiger partial charge in [-0.05, 0) is 35.7 Å². The van der Waals surface area contributed by atoms with Crippen LogP contribution in [0.2, 0.25) is 0 Å². The average Bonchev–Trinajstić information content (AvgIpc) is 2.60. The first kappa shape index (κ1) is 21.2. The second-order valence-corrected chi connectivity index (χ2v) is 6.63. The minimum absolute atomic E-state index is 0.0895. The fourth-order valence-electron chi connectivity index (χ4n) is 2.48. The van der Waals surface area contributed by atoms with Crippen molar-refractivity contribution in [2.24, 2.45) is 5.92 Å². The smallest absolute Gasteiger partial charge is 0.326 e. The third-order valence-corrected chi connectivity index (χ3v) is 3.70. The zero-order valence-electron chi connectivity index (χ0n) is 15.5. The summed E-state index contributed by atoms with van der Waals surface area (Å²) in [5.74, 6) is -0.807. The van der Waals surface area contributed by atoms with Crippen molar-refractivity contribution < 1.29 is 22.8 Å². The van der Waals surface area contributed by atoms with Gasteiger partial charge in [0, 0.05) is 23.9 Å². The molecule has 2 aromatic carbocycles. The lowest BCUT2D eigenvalue weighted by molar-refractivity contribution is -0.117. The standard InChI is InChI=1S/C21H21F3N2O2/c1-14(2)12-19(27)25-16-8-10-17(11-9-16)26-20(28)13-18(21(22,23)24)15-6-4-3-5-7-15/h3-11,13-14H,12H2,1-2H3,(H,25,27)(H,26,28)/b18-13-. The maximum Gasteiger partial charge on any atom is 0.417 e. The summed E-state index contributed by atoms with van der Waals surface area (Å²) in [5.41, 5.74) is -0.256. The van der Waals surface area contributed by atoms with Crippen LogP contribution in [0.15, 0.2) is 60.7 Å². The van der Waals surface area contributed by atoms with Crippen molar-refractivity contribution in [3.8, 4) is 0 Å². The molecule has 0 heterocycles. The van der Waals surface area contributed by atoms with E-state index in [0.717, 1.165) is 0 Å². The van der Waals surface area contributed by atoms with E-state index in [1.807, 2.05) is 13.8 Å². The molecule has 0 aliphatic heterocycles. The number of alkyl halides is 3. The molecule has 2 N–H and O–H groups in total. The van der Waals surface area contributed by atoms with Crippen molar-refractivity contribution in [1.29, 1.82) is 0 Å². The SMILES string of the molecule is CC(C)CC(=O)Nc1ccc(NC(=O)/C=C(/c2ccccc2)C(F)(F)F)cc1. The summed E-state index contributed by atoms with van der Waals surface area (Å²) in [6.45, 7) is 3.85. The van der Waals surface area contributed by atoms with E-state index in [9.17, 15) is 22.8 Å². The van der Waals surface area contributed by atoms with E-state index >= 15 is 0 Å². The molecule has 28 heavy (non-hydrogen) atoms. The zero-order valence-corrected chi connectivity index (χ0v) is 15.5. The Labute approximate surface area is 161 Å². The lowest BCUT2D eigenvalue weighted by Crippen LogP contribution is -2.16. The predicted molar refractivity (Wildman–Crippen MR) is 104 cm³/mol. The number of anilines is 2. The van der Waals surface area contributed by atoms with Gasteiger partial charge in [0.1, 0.15) is 0 Å². The van der Waals surface area contributed by atoms with Crippen LogP contribution in [-0.2, 0) is 9.59 Å². The third-order valence-electron chi connectivity index (χ3n) is 3.70. The quantitative estimate of drug-likeness (QED) is 0.662. The molecular weight excluding hydrogens is 369 g/mol. The minimum atomic E-state index is -4.66. The predicted octanol–water partition coefficient (Wildman–Crippen LogP) is 5.26. The molecule has 0 aromatic heterocycles. The summed E-state index contributed by atoms with van der Waals surface area (Å²) in [6.07, 6.45) is -3.75. The van der Waals surface area contributed by atoms with E-state index in [4.69, 9.17) is 0 Å². The summed E-state index contributed by atoms with van der Waals surface area (Å²) in [7, 11) is 0. The van der Waals surface area contributed by atoms with Crippen molar-refractivity contribution in [3.05, 3.63) is 66.2 Å². The van der Waals surface area contributed by atoms with Crippen molar-refractivity contribution in [1.82, 2.24) is 0 Å². The Hall–Kier alpha value is -3.09. The van der Waals surface area contributed by atoms with E-state index in [1.165, 1.54) is 36.4 Å². The van der Waals surface area contributed by atoms with Gasteiger partial charge in [-0.2, -0.15) is 13.2 Å². The Morgan fingerprint density at radius 2 is 1.46 bits per heavy atom. The second-order valence-electron chi connectivity index (χ2n) is 6.63. The maximum atomic E-state index is 13.3. The first-order valence-corrected chi connectivity index (χ1v) is 8.70. The van der Waals surface area contributed by atoms with E-state index in [-0.39, 0.29) is 17.4 Å². The highest BCUT2D eigenvalue weighted by atomic mass is 19.4. The van der Waals surface area contributed by atoms with Gasteiger partial charge >= 0.3 is 6.18 Å². The van der Waals surface area contributed by atoms with E-state index in [1.54, 1.807) is 18.2 Å². The monoisotopic (exact) mass is 390 g/mol. The molecule has 4 nitrogen and oxygen atoms in total. The molecule has 0 radical (unpaired) electrons. The van der Waals surface area contributed by atoms with Gasteiger partial charge in [-0.3, -0.25) is 9.59 Å². The van der Waals surface area contributed by atoms with Crippen LogP contribution in [0.5, 0.6) is 0 Å². The Morgan fingerprint density at radius 3 is 1.96 bits per heavy atom. The second kappa shape index (κ2) is 9.21. The number of hydrogen-bond acceptors (Lipinski definition) is 2. The average molecular weight is 390 g/mol. The number of hydrogen-bond donors (Lipinski definition) is 2. The number of rotatable bonds is 6. The molecule has 0 fully saturated rings. The van der Waals surface area contributed by atoms with Gasteiger partial charge in [-0.1, -0.05) is 44.2 Å². The van der Waals surface area contributed by atoms with Crippen molar-refractivity contribution >= 4 is 28.8 Å². The summed E-state index contributed by atoms with van der Waals surface area (Å²) in [6, 6.07) is 13.3. The van der Waals surface area contributed by atoms with Crippen molar-refractivity contribution in [2.75, 3.05) is 10.6 Å². The molecular formula is C21H21F3N2O2. The van der Waals surface area contributed by atoms with E-state index in [0.29, 0.717) is 23.9 Å². The highest BCUT2D eigenvalue weighted by Gasteiger charge is 2.35.